The van der Waals surface area contributed by atoms with Gasteiger partial charge in [-0.05, 0) is 37.8 Å². The maximum Gasteiger partial charge on any atom is 0.323 e. The van der Waals surface area contributed by atoms with Gasteiger partial charge < -0.3 is 10.1 Å². The van der Waals surface area contributed by atoms with Crippen LogP contribution in [0.2, 0.25) is 0 Å². The zero-order chi connectivity index (χ0) is 12.4. The summed E-state index contributed by atoms with van der Waals surface area (Å²) in [4.78, 5) is 11.6. The monoisotopic (exact) mass is 247 g/mol. The van der Waals surface area contributed by atoms with Crippen LogP contribution in [-0.4, -0.2) is 37.2 Å². The van der Waals surface area contributed by atoms with Crippen molar-refractivity contribution in [2.75, 3.05) is 25.2 Å². The van der Waals surface area contributed by atoms with Gasteiger partial charge in [-0.2, -0.15) is 11.8 Å². The van der Waals surface area contributed by atoms with Gasteiger partial charge in [-0.1, -0.05) is 20.3 Å². The highest BCUT2D eigenvalue weighted by atomic mass is 32.2. The molecular formula is C12H25NO2S. The van der Waals surface area contributed by atoms with Crippen LogP contribution >= 0.6 is 11.8 Å². The van der Waals surface area contributed by atoms with Gasteiger partial charge in [0.05, 0.1) is 6.61 Å². The lowest BCUT2D eigenvalue weighted by atomic mass is 10.1. The van der Waals surface area contributed by atoms with E-state index >= 15 is 0 Å². The highest BCUT2D eigenvalue weighted by molar-refractivity contribution is 7.98. The SMILES string of the molecule is CCCC(NCC(C)CSC)C(=O)OCC. The summed E-state index contributed by atoms with van der Waals surface area (Å²) in [7, 11) is 0. The van der Waals surface area contributed by atoms with Crippen LogP contribution in [0.25, 0.3) is 0 Å². The standard InChI is InChI=1S/C12H25NO2S/c1-5-7-11(12(14)15-6-2)13-8-10(3)9-16-4/h10-11,13H,5-9H2,1-4H3. The van der Waals surface area contributed by atoms with E-state index in [2.05, 4.69) is 25.4 Å². The Bertz CT molecular complexity index is 188. The summed E-state index contributed by atoms with van der Waals surface area (Å²) in [5.74, 6) is 1.60. The van der Waals surface area contributed by atoms with Crippen molar-refractivity contribution in [2.24, 2.45) is 5.92 Å². The van der Waals surface area contributed by atoms with Crippen molar-refractivity contribution in [3.05, 3.63) is 0 Å². The van der Waals surface area contributed by atoms with Crippen LogP contribution in [0, 0.1) is 5.92 Å². The second-order valence-corrected chi connectivity index (χ2v) is 4.97. The Morgan fingerprint density at radius 1 is 1.44 bits per heavy atom. The molecule has 3 nitrogen and oxygen atoms in total. The molecule has 2 atom stereocenters. The molecule has 0 spiro atoms. The Morgan fingerprint density at radius 3 is 2.62 bits per heavy atom. The fourth-order valence-corrected chi connectivity index (χ4v) is 2.21. The Balaban J connectivity index is 3.97. The highest BCUT2D eigenvalue weighted by Gasteiger charge is 2.18. The predicted octanol–water partition coefficient (Wildman–Crippen LogP) is 2.31. The second kappa shape index (κ2) is 9.97. The van der Waals surface area contributed by atoms with Crippen LogP contribution < -0.4 is 5.32 Å². The average molecular weight is 247 g/mol. The number of carbonyl (C=O) groups is 1. The first-order valence-corrected chi connectivity index (χ1v) is 7.43. The lowest BCUT2D eigenvalue weighted by Gasteiger charge is -2.19. The number of rotatable bonds is 9. The lowest BCUT2D eigenvalue weighted by molar-refractivity contribution is -0.145. The van der Waals surface area contributed by atoms with Crippen molar-refractivity contribution in [1.82, 2.24) is 5.32 Å². The van der Waals surface area contributed by atoms with Gasteiger partial charge in [0.25, 0.3) is 0 Å². The van der Waals surface area contributed by atoms with Crippen molar-refractivity contribution >= 4 is 17.7 Å². The second-order valence-electron chi connectivity index (χ2n) is 4.06. The molecule has 0 radical (unpaired) electrons. The molecule has 0 rings (SSSR count). The van der Waals surface area contributed by atoms with Gasteiger partial charge in [0, 0.05) is 0 Å². The third-order valence-electron chi connectivity index (χ3n) is 2.31. The van der Waals surface area contributed by atoms with E-state index in [1.165, 1.54) is 0 Å². The van der Waals surface area contributed by atoms with Gasteiger partial charge in [-0.3, -0.25) is 4.79 Å². The molecule has 0 aliphatic rings. The maximum absolute atomic E-state index is 11.6. The number of esters is 1. The molecule has 2 unspecified atom stereocenters. The van der Waals surface area contributed by atoms with Crippen LogP contribution in [-0.2, 0) is 9.53 Å². The van der Waals surface area contributed by atoms with E-state index in [1.54, 1.807) is 0 Å². The predicted molar refractivity (Wildman–Crippen MR) is 70.9 cm³/mol. The smallest absolute Gasteiger partial charge is 0.323 e. The zero-order valence-corrected chi connectivity index (χ0v) is 11.7. The number of ether oxygens (including phenoxy) is 1. The van der Waals surface area contributed by atoms with Gasteiger partial charge in [0.15, 0.2) is 0 Å². The van der Waals surface area contributed by atoms with Crippen LogP contribution in [0.15, 0.2) is 0 Å². The first kappa shape index (κ1) is 15.8. The zero-order valence-electron chi connectivity index (χ0n) is 10.9. The Kier molecular flexibility index (Phi) is 9.83. The highest BCUT2D eigenvalue weighted by Crippen LogP contribution is 2.05. The number of nitrogens with one attached hydrogen (secondary N) is 1. The third kappa shape index (κ3) is 7.12. The van der Waals surface area contributed by atoms with Crippen molar-refractivity contribution < 1.29 is 9.53 Å². The Morgan fingerprint density at radius 2 is 2.12 bits per heavy atom. The summed E-state index contributed by atoms with van der Waals surface area (Å²) in [6.45, 7) is 7.46. The molecule has 0 heterocycles. The van der Waals surface area contributed by atoms with Crippen LogP contribution in [0.4, 0.5) is 0 Å². The lowest BCUT2D eigenvalue weighted by Crippen LogP contribution is -2.40. The van der Waals surface area contributed by atoms with Crippen molar-refractivity contribution in [3.63, 3.8) is 0 Å². The number of carbonyl (C=O) groups excluding carboxylic acids is 1. The molecule has 0 aliphatic heterocycles. The van der Waals surface area contributed by atoms with Crippen molar-refractivity contribution in [2.45, 2.75) is 39.7 Å². The summed E-state index contributed by atoms with van der Waals surface area (Å²) in [5, 5.41) is 3.30. The molecule has 1 N–H and O–H groups in total. The van der Waals surface area contributed by atoms with Gasteiger partial charge in [0.1, 0.15) is 6.04 Å². The van der Waals surface area contributed by atoms with Gasteiger partial charge >= 0.3 is 5.97 Å². The van der Waals surface area contributed by atoms with Gasteiger partial charge in [-0.25, -0.2) is 0 Å². The largest absolute Gasteiger partial charge is 0.465 e. The van der Waals surface area contributed by atoms with E-state index in [-0.39, 0.29) is 12.0 Å². The van der Waals surface area contributed by atoms with Crippen LogP contribution in [0.1, 0.15) is 33.6 Å². The van der Waals surface area contributed by atoms with E-state index < -0.39 is 0 Å². The molecule has 0 saturated carbocycles. The van der Waals surface area contributed by atoms with E-state index in [9.17, 15) is 4.79 Å². The first-order valence-electron chi connectivity index (χ1n) is 6.04. The molecule has 96 valence electrons. The summed E-state index contributed by atoms with van der Waals surface area (Å²) in [6.07, 6.45) is 3.95. The third-order valence-corrected chi connectivity index (χ3v) is 3.21. The fourth-order valence-electron chi connectivity index (χ4n) is 1.52. The van der Waals surface area contributed by atoms with E-state index in [0.717, 1.165) is 25.1 Å². The number of hydrogen-bond acceptors (Lipinski definition) is 4. The quantitative estimate of drug-likeness (QED) is 0.635. The average Bonchev–Trinajstić information content (AvgIpc) is 2.24. The summed E-state index contributed by atoms with van der Waals surface area (Å²) >= 11 is 1.84. The van der Waals surface area contributed by atoms with Crippen molar-refractivity contribution in [1.29, 1.82) is 0 Å². The molecule has 0 aromatic rings. The molecule has 0 saturated heterocycles. The number of thioether (sulfide) groups is 1. The van der Waals surface area contributed by atoms with E-state index in [1.807, 2.05) is 18.7 Å². The molecule has 0 fully saturated rings. The van der Waals surface area contributed by atoms with E-state index in [0.29, 0.717) is 12.5 Å². The molecule has 0 aromatic carbocycles. The fraction of sp³-hybridized carbons (Fsp3) is 0.917. The van der Waals surface area contributed by atoms with Crippen LogP contribution in [0.3, 0.4) is 0 Å². The molecular weight excluding hydrogens is 222 g/mol. The maximum atomic E-state index is 11.6. The van der Waals surface area contributed by atoms with Gasteiger partial charge in [-0.15, -0.1) is 0 Å². The molecule has 0 aliphatic carbocycles. The Hall–Kier alpha value is -0.220. The summed E-state index contributed by atoms with van der Waals surface area (Å²) in [6, 6.07) is -0.130. The minimum Gasteiger partial charge on any atom is -0.465 e. The minimum absolute atomic E-state index is 0.110. The molecule has 16 heavy (non-hydrogen) atoms. The first-order chi connectivity index (χ1) is 7.65. The molecule has 0 aromatic heterocycles. The molecule has 0 amide bonds. The minimum atomic E-state index is -0.130. The molecule has 4 heteroatoms. The summed E-state index contributed by atoms with van der Waals surface area (Å²) in [5.41, 5.74) is 0. The summed E-state index contributed by atoms with van der Waals surface area (Å²) < 4.78 is 5.04. The van der Waals surface area contributed by atoms with Crippen LogP contribution in [0.5, 0.6) is 0 Å². The number of hydrogen-bond donors (Lipinski definition) is 1. The Labute approximate surface area is 104 Å². The topological polar surface area (TPSA) is 38.3 Å². The van der Waals surface area contributed by atoms with Gasteiger partial charge in [0.2, 0.25) is 0 Å². The normalized spacial score (nSPS) is 14.5. The molecule has 0 bridgehead atoms. The van der Waals surface area contributed by atoms with Crippen molar-refractivity contribution in [3.8, 4) is 0 Å². The van der Waals surface area contributed by atoms with E-state index in [4.69, 9.17) is 4.74 Å².